The summed E-state index contributed by atoms with van der Waals surface area (Å²) in [5.41, 5.74) is 0. The van der Waals surface area contributed by atoms with E-state index < -0.39 is 59.8 Å². The number of aliphatic hydroxyl groups is 3. The highest BCUT2D eigenvalue weighted by atomic mass is 32.3. The van der Waals surface area contributed by atoms with Crippen molar-refractivity contribution in [1.82, 2.24) is 0 Å². The third-order valence-electron chi connectivity index (χ3n) is 11.2. The van der Waals surface area contributed by atoms with E-state index in [0.29, 0.717) is 13.0 Å². The van der Waals surface area contributed by atoms with Crippen LogP contribution in [-0.2, 0) is 38.3 Å². The Kier molecular flexibility index (Phi) is 38.9. The van der Waals surface area contributed by atoms with Crippen molar-refractivity contribution in [2.75, 3.05) is 26.4 Å². The molecule has 4 N–H and O–H groups in total. The van der Waals surface area contributed by atoms with Crippen molar-refractivity contribution in [3.8, 4) is 0 Å². The molecule has 0 spiro atoms. The van der Waals surface area contributed by atoms with E-state index in [0.717, 1.165) is 77.0 Å². The molecule has 0 amide bonds. The van der Waals surface area contributed by atoms with E-state index in [-0.39, 0.29) is 19.6 Å². The van der Waals surface area contributed by atoms with Crippen molar-refractivity contribution >= 4 is 16.4 Å². The van der Waals surface area contributed by atoms with Gasteiger partial charge in [0, 0.05) is 13.0 Å². The number of carbonyl (C=O) groups excluding carboxylic acids is 1. The molecule has 1 heterocycles. The first kappa shape index (κ1) is 59.1. The second kappa shape index (κ2) is 41.5. The topological polar surface area (TPSA) is 178 Å². The molecular weight excluding hydrogens is 825 g/mol. The Bertz CT molecular complexity index is 1290. The Hall–Kier alpha value is -1.94. The van der Waals surface area contributed by atoms with Crippen LogP contribution in [0.4, 0.5) is 0 Å². The summed E-state index contributed by atoms with van der Waals surface area (Å²) in [5, 5.41) is 30.7. The molecule has 6 atom stereocenters. The second-order valence-electron chi connectivity index (χ2n) is 17.0. The summed E-state index contributed by atoms with van der Waals surface area (Å²) in [5.74, 6) is -0.412. The molecule has 0 saturated carbocycles. The van der Waals surface area contributed by atoms with Crippen LogP contribution in [0.25, 0.3) is 0 Å². The summed E-state index contributed by atoms with van der Waals surface area (Å²) < 4.78 is 59.1. The third kappa shape index (κ3) is 35.0. The summed E-state index contributed by atoms with van der Waals surface area (Å²) in [6.07, 6.45) is 41.5. The normalized spacial score (nSPS) is 20.3. The maximum atomic E-state index is 12.8. The summed E-state index contributed by atoms with van der Waals surface area (Å²) >= 11 is 0. The Balaban J connectivity index is 2.34. The molecule has 0 aromatic rings. The lowest BCUT2D eigenvalue weighted by Crippen LogP contribution is -2.60. The number of carbonyl (C=O) groups is 1. The van der Waals surface area contributed by atoms with Gasteiger partial charge in [0.05, 0.1) is 19.8 Å². The van der Waals surface area contributed by atoms with Crippen molar-refractivity contribution in [1.29, 1.82) is 0 Å². The molecule has 0 aromatic heterocycles. The molecule has 368 valence electrons. The fraction of sp³-hybridized carbons (Fsp3) is 0.820. The van der Waals surface area contributed by atoms with E-state index in [1.165, 1.54) is 96.3 Å². The molecular formula is C50H90O12S. The lowest BCUT2D eigenvalue weighted by atomic mass is 9.99. The number of unbranched alkanes of at least 4 members (excludes halogenated alkanes) is 22. The van der Waals surface area contributed by atoms with Gasteiger partial charge in [-0.15, -0.1) is 0 Å². The van der Waals surface area contributed by atoms with Gasteiger partial charge in [-0.25, -0.2) is 4.18 Å². The predicted octanol–water partition coefficient (Wildman–Crippen LogP) is 11.1. The van der Waals surface area contributed by atoms with Gasteiger partial charge in [0.15, 0.2) is 6.29 Å². The standard InChI is InChI=1S/C50H90O12S/c1-3-5-7-9-11-13-15-17-18-19-20-21-22-23-24-25-26-27-28-30-32-34-36-38-40-58-42-44(60-46(52)39-37-35-33-31-29-16-14-12-10-8-6-4-2)43-59-50-48(54)49(62-63(55,56)57)47(53)45(41-51)61-50/h12,14-15,17,19-20,22-23,44-45,47-51,53-54H,3-11,13,16,18,21,24-43H2,1-2H3,(H,55,56,57)/b14-12-,17-15-,20-19-,23-22-. The van der Waals surface area contributed by atoms with Crippen molar-refractivity contribution < 1.29 is 56.2 Å². The molecule has 0 aliphatic carbocycles. The Labute approximate surface area is 383 Å². The molecule has 0 radical (unpaired) electrons. The lowest BCUT2D eigenvalue weighted by Gasteiger charge is -2.41. The highest BCUT2D eigenvalue weighted by molar-refractivity contribution is 7.80. The smallest absolute Gasteiger partial charge is 0.397 e. The average molecular weight is 915 g/mol. The van der Waals surface area contributed by atoms with E-state index >= 15 is 0 Å². The molecule has 1 aliphatic heterocycles. The van der Waals surface area contributed by atoms with Crippen LogP contribution >= 0.6 is 0 Å². The molecule has 0 bridgehead atoms. The number of ether oxygens (including phenoxy) is 4. The Morgan fingerprint density at radius 1 is 0.603 bits per heavy atom. The quantitative estimate of drug-likeness (QED) is 0.0197. The molecule has 1 saturated heterocycles. The number of hydrogen-bond donors (Lipinski definition) is 4. The molecule has 13 heteroatoms. The highest BCUT2D eigenvalue weighted by Crippen LogP contribution is 2.26. The second-order valence-corrected chi connectivity index (χ2v) is 18.1. The third-order valence-corrected chi connectivity index (χ3v) is 11.6. The predicted molar refractivity (Wildman–Crippen MR) is 253 cm³/mol. The van der Waals surface area contributed by atoms with Crippen LogP contribution in [0, 0.1) is 0 Å². The SMILES string of the molecule is CCCCC/C=C\CCCCCCCC(=O)OC(COCCCCCCCCCCC/C=C\C/C=C\C/C=C\CCCCCCC)COC1OC(CO)C(O)C(OS(=O)(=O)O)C1O. The van der Waals surface area contributed by atoms with E-state index in [1.54, 1.807) is 0 Å². The summed E-state index contributed by atoms with van der Waals surface area (Å²) in [6, 6.07) is 0. The fourth-order valence-electron chi connectivity index (χ4n) is 7.38. The van der Waals surface area contributed by atoms with Crippen molar-refractivity contribution in [2.45, 2.75) is 237 Å². The molecule has 12 nitrogen and oxygen atoms in total. The Morgan fingerprint density at radius 2 is 1.05 bits per heavy atom. The van der Waals surface area contributed by atoms with Crippen LogP contribution < -0.4 is 0 Å². The summed E-state index contributed by atoms with van der Waals surface area (Å²) in [6.45, 7) is 3.93. The number of esters is 1. The van der Waals surface area contributed by atoms with E-state index in [2.05, 4.69) is 66.6 Å². The maximum Gasteiger partial charge on any atom is 0.397 e. The van der Waals surface area contributed by atoms with Crippen LogP contribution in [0.15, 0.2) is 48.6 Å². The van der Waals surface area contributed by atoms with E-state index in [1.807, 2.05) is 0 Å². The molecule has 1 aliphatic rings. The number of rotatable bonds is 43. The molecule has 63 heavy (non-hydrogen) atoms. The van der Waals surface area contributed by atoms with Gasteiger partial charge in [0.2, 0.25) is 0 Å². The molecule has 1 fully saturated rings. The molecule has 0 aromatic carbocycles. The number of aliphatic hydroxyl groups excluding tert-OH is 3. The average Bonchev–Trinajstić information content (AvgIpc) is 3.26. The van der Waals surface area contributed by atoms with Gasteiger partial charge in [-0.2, -0.15) is 8.42 Å². The number of hydrogen-bond acceptors (Lipinski definition) is 11. The van der Waals surface area contributed by atoms with Crippen LogP contribution in [0.5, 0.6) is 0 Å². The van der Waals surface area contributed by atoms with Crippen LogP contribution in [-0.4, -0.2) is 97.5 Å². The van der Waals surface area contributed by atoms with Gasteiger partial charge in [0.1, 0.15) is 30.5 Å². The zero-order valence-electron chi connectivity index (χ0n) is 39.4. The van der Waals surface area contributed by atoms with Crippen molar-refractivity contribution in [3.05, 3.63) is 48.6 Å². The van der Waals surface area contributed by atoms with Crippen molar-refractivity contribution in [3.63, 3.8) is 0 Å². The van der Waals surface area contributed by atoms with Gasteiger partial charge in [-0.3, -0.25) is 9.35 Å². The summed E-state index contributed by atoms with van der Waals surface area (Å²) in [4.78, 5) is 12.8. The zero-order valence-corrected chi connectivity index (χ0v) is 40.2. The first-order chi connectivity index (χ1) is 30.6. The van der Waals surface area contributed by atoms with Crippen LogP contribution in [0.3, 0.4) is 0 Å². The van der Waals surface area contributed by atoms with E-state index in [4.69, 9.17) is 23.5 Å². The maximum absolute atomic E-state index is 12.8. The van der Waals surface area contributed by atoms with E-state index in [9.17, 15) is 28.5 Å². The minimum Gasteiger partial charge on any atom is -0.457 e. The first-order valence-corrected chi connectivity index (χ1v) is 26.3. The molecule has 1 rings (SSSR count). The number of allylic oxidation sites excluding steroid dienone is 8. The van der Waals surface area contributed by atoms with Gasteiger partial charge >= 0.3 is 16.4 Å². The lowest BCUT2D eigenvalue weighted by molar-refractivity contribution is -0.301. The minimum absolute atomic E-state index is 0.0281. The van der Waals surface area contributed by atoms with Crippen LogP contribution in [0.2, 0.25) is 0 Å². The monoisotopic (exact) mass is 915 g/mol. The first-order valence-electron chi connectivity index (χ1n) is 24.9. The van der Waals surface area contributed by atoms with Gasteiger partial charge in [-0.1, -0.05) is 165 Å². The Morgan fingerprint density at radius 3 is 1.57 bits per heavy atom. The van der Waals surface area contributed by atoms with Gasteiger partial charge in [0.25, 0.3) is 0 Å². The minimum atomic E-state index is -5.06. The summed E-state index contributed by atoms with van der Waals surface area (Å²) in [7, 11) is -5.06. The van der Waals surface area contributed by atoms with Gasteiger partial charge < -0.3 is 34.3 Å². The molecule has 6 unspecified atom stereocenters. The van der Waals surface area contributed by atoms with Gasteiger partial charge in [-0.05, 0) is 77.0 Å². The fourth-order valence-corrected chi connectivity index (χ4v) is 7.89. The highest BCUT2D eigenvalue weighted by Gasteiger charge is 2.48. The largest absolute Gasteiger partial charge is 0.457 e. The van der Waals surface area contributed by atoms with Crippen molar-refractivity contribution in [2.24, 2.45) is 0 Å². The van der Waals surface area contributed by atoms with Crippen LogP contribution in [0.1, 0.15) is 200 Å². The zero-order chi connectivity index (χ0) is 46.1.